The third kappa shape index (κ3) is 3.60. The van der Waals surface area contributed by atoms with Gasteiger partial charge in [-0.3, -0.25) is 0 Å². The number of alkyl halides is 9. The fourth-order valence-electron chi connectivity index (χ4n) is 0.693. The summed E-state index contributed by atoms with van der Waals surface area (Å²) < 4.78 is 108. The predicted octanol–water partition coefficient (Wildman–Crippen LogP) is 0.396. The molecule has 0 spiro atoms. The van der Waals surface area contributed by atoms with Crippen LogP contribution in [0, 0.1) is 0 Å². The van der Waals surface area contributed by atoms with Gasteiger partial charge < -0.3 is 12.6 Å². The van der Waals surface area contributed by atoms with Crippen molar-refractivity contribution < 1.29 is 69.1 Å². The molecule has 98 valence electrons. The van der Waals surface area contributed by atoms with Crippen LogP contribution in [0.25, 0.3) is 0 Å². The topological polar surface area (TPSA) is 0 Å². The summed E-state index contributed by atoms with van der Waals surface area (Å²) in [6.45, 7) is 0. The van der Waals surface area contributed by atoms with Gasteiger partial charge in [-0.25, -0.2) is 0 Å². The van der Waals surface area contributed by atoms with Crippen LogP contribution in [-0.4, -0.2) is 29.7 Å². The van der Waals surface area contributed by atoms with E-state index in [0.29, 0.717) is 0 Å². The summed E-state index contributed by atoms with van der Waals surface area (Å²) >= 11 is 3.85. The smallest absolute Gasteiger partial charge is 0.792 e. The first-order valence-electron chi connectivity index (χ1n) is 3.59. The van der Waals surface area contributed by atoms with Crippen molar-refractivity contribution in [2.75, 3.05) is 5.75 Å². The van der Waals surface area contributed by atoms with Crippen molar-refractivity contribution in [1.82, 2.24) is 0 Å². The quantitative estimate of drug-likeness (QED) is 0.411. The molecule has 0 aliphatic carbocycles. The maximum Gasteiger partial charge on any atom is 1.00 e. The van der Waals surface area contributed by atoms with Crippen molar-refractivity contribution in [2.45, 2.75) is 30.4 Å². The Bertz CT molecular complexity index is 248. The molecule has 0 nitrogen and oxygen atoms in total. The third-order valence-electron chi connectivity index (χ3n) is 1.63. The van der Waals surface area contributed by atoms with Crippen molar-refractivity contribution in [3.8, 4) is 0 Å². The van der Waals surface area contributed by atoms with Gasteiger partial charge in [0.15, 0.2) is 0 Å². The van der Waals surface area contributed by atoms with Gasteiger partial charge in [0.2, 0.25) is 0 Å². The third-order valence-corrected chi connectivity index (χ3v) is 1.83. The Labute approximate surface area is 118 Å². The van der Waals surface area contributed by atoms with Crippen LogP contribution in [0.3, 0.4) is 0 Å². The summed E-state index contributed by atoms with van der Waals surface area (Å²) in [6.07, 6.45) is -8.71. The van der Waals surface area contributed by atoms with E-state index in [1.54, 1.807) is 0 Å². The predicted molar refractivity (Wildman–Crippen MR) is 37.7 cm³/mol. The minimum Gasteiger partial charge on any atom is -0.792 e. The van der Waals surface area contributed by atoms with Gasteiger partial charge in [-0.05, 0) is 6.42 Å². The van der Waals surface area contributed by atoms with Crippen molar-refractivity contribution >= 4 is 12.6 Å². The zero-order valence-corrected chi connectivity index (χ0v) is 11.0. The van der Waals surface area contributed by atoms with Gasteiger partial charge in [-0.15, -0.1) is 0 Å². The first-order chi connectivity index (χ1) is 6.81. The molecular formula is C6H4F9NaS. The van der Waals surface area contributed by atoms with Crippen molar-refractivity contribution in [3.05, 3.63) is 0 Å². The Morgan fingerprint density at radius 2 is 1.06 bits per heavy atom. The molecule has 0 aliphatic rings. The first-order valence-corrected chi connectivity index (χ1v) is 4.17. The Balaban J connectivity index is 0. The maximum atomic E-state index is 12.4. The molecule has 0 saturated carbocycles. The molecule has 0 unspecified atom stereocenters. The van der Waals surface area contributed by atoms with Crippen LogP contribution in [-0.2, 0) is 12.6 Å². The number of rotatable bonds is 4. The summed E-state index contributed by atoms with van der Waals surface area (Å²) in [6, 6.07) is 0. The number of halogens is 9. The number of hydrogen-bond donors (Lipinski definition) is 0. The van der Waals surface area contributed by atoms with Crippen molar-refractivity contribution in [2.24, 2.45) is 0 Å². The summed E-state index contributed by atoms with van der Waals surface area (Å²) in [5, 5.41) is 0. The van der Waals surface area contributed by atoms with Gasteiger partial charge in [0.05, 0.1) is 0 Å². The molecule has 0 atom stereocenters. The van der Waals surface area contributed by atoms with E-state index in [2.05, 4.69) is 12.6 Å². The standard InChI is InChI=1S/C6H5F9S.Na/c7-3(8,1-2-16)4(9,10)5(11,12)6(13,14)15;/h16H,1-2H2;/q;+1/p-1. The monoisotopic (exact) mass is 302 g/mol. The molecule has 0 radical (unpaired) electrons. The number of hydrogen-bond acceptors (Lipinski definition) is 1. The summed E-state index contributed by atoms with van der Waals surface area (Å²) in [5.74, 6) is -19.9. The minimum absolute atomic E-state index is 0. The van der Waals surface area contributed by atoms with E-state index in [1.807, 2.05) is 0 Å². The molecule has 0 fully saturated rings. The second-order valence-corrected chi connectivity index (χ2v) is 3.21. The van der Waals surface area contributed by atoms with Crippen LogP contribution in [0.15, 0.2) is 0 Å². The Morgan fingerprint density at radius 1 is 0.706 bits per heavy atom. The molecule has 0 N–H and O–H groups in total. The van der Waals surface area contributed by atoms with Gasteiger partial charge >= 0.3 is 53.5 Å². The fraction of sp³-hybridized carbons (Fsp3) is 1.00. The van der Waals surface area contributed by atoms with Crippen molar-refractivity contribution in [1.29, 1.82) is 0 Å². The van der Waals surface area contributed by atoms with Crippen LogP contribution < -0.4 is 29.6 Å². The van der Waals surface area contributed by atoms with Crippen LogP contribution in [0.5, 0.6) is 0 Å². The van der Waals surface area contributed by atoms with E-state index in [0.717, 1.165) is 0 Å². The van der Waals surface area contributed by atoms with E-state index in [-0.39, 0.29) is 29.6 Å². The van der Waals surface area contributed by atoms with Gasteiger partial charge in [-0.1, -0.05) is 0 Å². The zero-order valence-electron chi connectivity index (χ0n) is 8.22. The molecular weight excluding hydrogens is 298 g/mol. The second-order valence-electron chi connectivity index (χ2n) is 2.81. The molecule has 0 rings (SSSR count). The molecule has 0 aromatic heterocycles. The van der Waals surface area contributed by atoms with Gasteiger partial charge in [0, 0.05) is 0 Å². The summed E-state index contributed by atoms with van der Waals surface area (Å²) in [4.78, 5) is 0. The normalized spacial score (nSPS) is 14.5. The summed E-state index contributed by atoms with van der Waals surface area (Å²) in [5.41, 5.74) is 0. The van der Waals surface area contributed by atoms with E-state index in [4.69, 9.17) is 0 Å². The molecule has 0 aliphatic heterocycles. The SMILES string of the molecule is FC(F)(F)C(F)(F)C(F)(F)C(F)(F)CC[S-].[Na+]. The molecule has 0 amide bonds. The van der Waals surface area contributed by atoms with E-state index < -0.39 is 36.1 Å². The van der Waals surface area contributed by atoms with Gasteiger partial charge in [0.25, 0.3) is 0 Å². The van der Waals surface area contributed by atoms with Gasteiger partial charge in [-0.2, -0.15) is 45.3 Å². The van der Waals surface area contributed by atoms with E-state index >= 15 is 0 Å². The minimum atomic E-state index is -6.81. The zero-order chi connectivity index (χ0) is 13.4. The Kier molecular flexibility index (Phi) is 6.82. The van der Waals surface area contributed by atoms with Crippen LogP contribution in [0.1, 0.15) is 6.42 Å². The molecule has 0 aromatic carbocycles. The molecule has 0 bridgehead atoms. The molecule has 0 saturated heterocycles. The average molecular weight is 302 g/mol. The Hall–Kier alpha value is 0.720. The largest absolute Gasteiger partial charge is 1.00 e. The Morgan fingerprint density at radius 3 is 1.29 bits per heavy atom. The van der Waals surface area contributed by atoms with Gasteiger partial charge in [0.1, 0.15) is 0 Å². The van der Waals surface area contributed by atoms with E-state index in [9.17, 15) is 39.5 Å². The molecule has 17 heavy (non-hydrogen) atoms. The van der Waals surface area contributed by atoms with Crippen molar-refractivity contribution in [3.63, 3.8) is 0 Å². The average Bonchev–Trinajstić information content (AvgIpc) is 2.01. The van der Waals surface area contributed by atoms with Crippen LogP contribution in [0.2, 0.25) is 0 Å². The molecule has 0 heterocycles. The summed E-state index contributed by atoms with van der Waals surface area (Å²) in [7, 11) is 0. The molecule has 11 heteroatoms. The molecule has 0 aromatic rings. The van der Waals surface area contributed by atoms with E-state index in [1.165, 1.54) is 0 Å². The van der Waals surface area contributed by atoms with Crippen LogP contribution >= 0.6 is 0 Å². The maximum absolute atomic E-state index is 12.4. The first kappa shape index (κ1) is 20.0. The van der Waals surface area contributed by atoms with Crippen LogP contribution in [0.4, 0.5) is 39.5 Å². The fourth-order valence-corrected chi connectivity index (χ4v) is 0.949. The second kappa shape index (κ2) is 5.79.